The van der Waals surface area contributed by atoms with E-state index in [1.807, 2.05) is 31.2 Å². The van der Waals surface area contributed by atoms with Gasteiger partial charge >= 0.3 is 0 Å². The van der Waals surface area contributed by atoms with Gasteiger partial charge in [-0.15, -0.1) is 0 Å². The van der Waals surface area contributed by atoms with Crippen molar-refractivity contribution >= 4 is 5.78 Å². The van der Waals surface area contributed by atoms with Crippen LogP contribution >= 0.6 is 0 Å². The largest absolute Gasteiger partial charge is 0.493 e. The summed E-state index contributed by atoms with van der Waals surface area (Å²) in [5, 5.41) is 0. The summed E-state index contributed by atoms with van der Waals surface area (Å²) in [6, 6.07) is 7.57. The summed E-state index contributed by atoms with van der Waals surface area (Å²) in [4.78, 5) is 14.4. The fourth-order valence-electron chi connectivity index (χ4n) is 2.82. The van der Waals surface area contributed by atoms with Crippen molar-refractivity contribution < 1.29 is 9.53 Å². The summed E-state index contributed by atoms with van der Waals surface area (Å²) < 4.78 is 5.81. The number of para-hydroxylation sites is 1. The molecule has 0 aliphatic carbocycles. The maximum absolute atomic E-state index is 11.8. The van der Waals surface area contributed by atoms with Gasteiger partial charge in [0, 0.05) is 6.42 Å². The maximum Gasteiger partial charge on any atom is 0.166 e. The highest BCUT2D eigenvalue weighted by Crippen LogP contribution is 2.20. The summed E-state index contributed by atoms with van der Waals surface area (Å²) in [6.07, 6.45) is 6.83. The Morgan fingerprint density at radius 3 is 2.67 bits per heavy atom. The highest BCUT2D eigenvalue weighted by Gasteiger charge is 2.11. The van der Waals surface area contributed by atoms with E-state index in [0.29, 0.717) is 13.0 Å². The molecule has 2 rings (SSSR count). The molecule has 1 aliphatic rings. The topological polar surface area (TPSA) is 29.5 Å². The van der Waals surface area contributed by atoms with Crippen LogP contribution in [0.4, 0.5) is 0 Å². The average Bonchev–Trinajstić information content (AvgIpc) is 2.55. The standard InChI is InChI=1S/C18H27NO2/c1-2-17(20)16-10-4-5-11-18(16)21-15-9-8-14-19-12-6-3-7-13-19/h4-5,10-11H,2-3,6-9,12-15H2,1H3. The number of nitrogens with zero attached hydrogens (tertiary/aromatic N) is 1. The van der Waals surface area contributed by atoms with E-state index in [9.17, 15) is 4.79 Å². The van der Waals surface area contributed by atoms with E-state index in [2.05, 4.69) is 4.90 Å². The number of hydrogen-bond acceptors (Lipinski definition) is 3. The fourth-order valence-corrected chi connectivity index (χ4v) is 2.82. The zero-order valence-corrected chi connectivity index (χ0v) is 13.1. The molecule has 3 heteroatoms. The SMILES string of the molecule is CCC(=O)c1ccccc1OCCCCN1CCCCC1. The molecule has 1 heterocycles. The summed E-state index contributed by atoms with van der Waals surface area (Å²) >= 11 is 0. The summed E-state index contributed by atoms with van der Waals surface area (Å²) in [7, 11) is 0. The van der Waals surface area contributed by atoms with Crippen molar-refractivity contribution in [1.29, 1.82) is 0 Å². The molecule has 0 spiro atoms. The first kappa shape index (κ1) is 16.0. The van der Waals surface area contributed by atoms with Crippen molar-refractivity contribution in [2.75, 3.05) is 26.2 Å². The van der Waals surface area contributed by atoms with Crippen LogP contribution in [-0.2, 0) is 0 Å². The van der Waals surface area contributed by atoms with E-state index in [1.165, 1.54) is 45.3 Å². The van der Waals surface area contributed by atoms with Crippen LogP contribution in [0.3, 0.4) is 0 Å². The quantitative estimate of drug-likeness (QED) is 0.536. The van der Waals surface area contributed by atoms with Crippen molar-refractivity contribution in [2.24, 2.45) is 0 Å². The first-order valence-corrected chi connectivity index (χ1v) is 8.28. The van der Waals surface area contributed by atoms with E-state index in [1.54, 1.807) is 0 Å². The van der Waals surface area contributed by atoms with Gasteiger partial charge in [0.05, 0.1) is 12.2 Å². The molecule has 116 valence electrons. The Kier molecular flexibility index (Phi) is 6.74. The number of unbranched alkanes of at least 4 members (excludes halogenated alkanes) is 1. The lowest BCUT2D eigenvalue weighted by molar-refractivity contribution is 0.0984. The van der Waals surface area contributed by atoms with Crippen molar-refractivity contribution in [1.82, 2.24) is 4.90 Å². The van der Waals surface area contributed by atoms with Crippen LogP contribution < -0.4 is 4.74 Å². The number of ether oxygens (including phenoxy) is 1. The van der Waals surface area contributed by atoms with Crippen molar-refractivity contribution in [3.05, 3.63) is 29.8 Å². The van der Waals surface area contributed by atoms with Gasteiger partial charge < -0.3 is 9.64 Å². The lowest BCUT2D eigenvalue weighted by Crippen LogP contribution is -2.30. The third-order valence-corrected chi connectivity index (χ3v) is 4.08. The van der Waals surface area contributed by atoms with Crippen molar-refractivity contribution in [2.45, 2.75) is 45.4 Å². The molecule has 1 fully saturated rings. The highest BCUT2D eigenvalue weighted by molar-refractivity contribution is 5.98. The summed E-state index contributed by atoms with van der Waals surface area (Å²) in [6.45, 7) is 6.28. The lowest BCUT2D eigenvalue weighted by atomic mass is 10.1. The normalized spacial score (nSPS) is 15.9. The molecular weight excluding hydrogens is 262 g/mol. The van der Waals surface area contributed by atoms with Crippen LogP contribution in [0.25, 0.3) is 0 Å². The number of ketones is 1. The number of piperidine rings is 1. The average molecular weight is 289 g/mol. The molecule has 1 aromatic carbocycles. The third-order valence-electron chi connectivity index (χ3n) is 4.08. The minimum atomic E-state index is 0.152. The number of benzene rings is 1. The minimum absolute atomic E-state index is 0.152. The number of likely N-dealkylation sites (tertiary alicyclic amines) is 1. The molecule has 1 aromatic rings. The molecule has 0 N–H and O–H groups in total. The predicted molar refractivity (Wildman–Crippen MR) is 86.1 cm³/mol. The molecule has 0 unspecified atom stereocenters. The molecule has 0 atom stereocenters. The van der Waals surface area contributed by atoms with Crippen LogP contribution in [0.5, 0.6) is 5.75 Å². The van der Waals surface area contributed by atoms with Gasteiger partial charge in [0.2, 0.25) is 0 Å². The Labute approximate surface area is 128 Å². The number of Topliss-reactive ketones (excluding diaryl/α,β-unsaturated/α-hetero) is 1. The van der Waals surface area contributed by atoms with Crippen LogP contribution in [0.1, 0.15) is 55.8 Å². The van der Waals surface area contributed by atoms with Crippen LogP contribution in [0.15, 0.2) is 24.3 Å². The monoisotopic (exact) mass is 289 g/mol. The molecule has 1 aliphatic heterocycles. The van der Waals surface area contributed by atoms with Gasteiger partial charge in [0.25, 0.3) is 0 Å². The van der Waals surface area contributed by atoms with E-state index < -0.39 is 0 Å². The highest BCUT2D eigenvalue weighted by atomic mass is 16.5. The fraction of sp³-hybridized carbons (Fsp3) is 0.611. The van der Waals surface area contributed by atoms with E-state index >= 15 is 0 Å². The third kappa shape index (κ3) is 5.16. The van der Waals surface area contributed by atoms with Gasteiger partial charge in [-0.3, -0.25) is 4.79 Å². The second-order valence-electron chi connectivity index (χ2n) is 5.73. The van der Waals surface area contributed by atoms with Crippen LogP contribution in [-0.4, -0.2) is 36.9 Å². The molecule has 0 saturated carbocycles. The Hall–Kier alpha value is -1.35. The molecular formula is C18H27NO2. The van der Waals surface area contributed by atoms with E-state index in [4.69, 9.17) is 4.74 Å². The molecule has 1 saturated heterocycles. The van der Waals surface area contributed by atoms with Crippen molar-refractivity contribution in [3.63, 3.8) is 0 Å². The molecule has 0 bridgehead atoms. The van der Waals surface area contributed by atoms with Crippen molar-refractivity contribution in [3.8, 4) is 5.75 Å². The zero-order chi connectivity index (χ0) is 14.9. The number of carbonyl (C=O) groups is 1. The van der Waals surface area contributed by atoms with Gasteiger partial charge in [-0.1, -0.05) is 25.5 Å². The Morgan fingerprint density at radius 1 is 1.14 bits per heavy atom. The van der Waals surface area contributed by atoms with Crippen LogP contribution in [0, 0.1) is 0 Å². The lowest BCUT2D eigenvalue weighted by Gasteiger charge is -2.26. The maximum atomic E-state index is 11.8. The first-order chi connectivity index (χ1) is 10.3. The van der Waals surface area contributed by atoms with Gasteiger partial charge in [0.15, 0.2) is 5.78 Å². The molecule has 21 heavy (non-hydrogen) atoms. The van der Waals surface area contributed by atoms with Gasteiger partial charge in [-0.25, -0.2) is 0 Å². The van der Waals surface area contributed by atoms with Crippen LogP contribution in [0.2, 0.25) is 0 Å². The van der Waals surface area contributed by atoms with Gasteiger partial charge in [-0.2, -0.15) is 0 Å². The van der Waals surface area contributed by atoms with E-state index in [-0.39, 0.29) is 5.78 Å². The Bertz CT molecular complexity index is 439. The molecule has 0 aromatic heterocycles. The van der Waals surface area contributed by atoms with E-state index in [0.717, 1.165) is 17.7 Å². The summed E-state index contributed by atoms with van der Waals surface area (Å²) in [5.41, 5.74) is 0.719. The second kappa shape index (κ2) is 8.83. The number of rotatable bonds is 8. The Morgan fingerprint density at radius 2 is 1.90 bits per heavy atom. The van der Waals surface area contributed by atoms with Gasteiger partial charge in [-0.05, 0) is 57.5 Å². The smallest absolute Gasteiger partial charge is 0.166 e. The second-order valence-corrected chi connectivity index (χ2v) is 5.73. The minimum Gasteiger partial charge on any atom is -0.493 e. The zero-order valence-electron chi connectivity index (χ0n) is 13.1. The molecule has 0 radical (unpaired) electrons. The molecule has 3 nitrogen and oxygen atoms in total. The number of hydrogen-bond donors (Lipinski definition) is 0. The Balaban J connectivity index is 1.69. The molecule has 0 amide bonds. The van der Waals surface area contributed by atoms with Gasteiger partial charge in [0.1, 0.15) is 5.75 Å². The summed E-state index contributed by atoms with van der Waals surface area (Å²) in [5.74, 6) is 0.890. The predicted octanol–water partition coefficient (Wildman–Crippen LogP) is 3.92. The number of carbonyl (C=O) groups excluding carboxylic acids is 1. The first-order valence-electron chi connectivity index (χ1n) is 8.28.